The van der Waals surface area contributed by atoms with Gasteiger partial charge in [0.2, 0.25) is 5.91 Å². The second-order valence-corrected chi connectivity index (χ2v) is 12.8. The Balaban J connectivity index is 1.97. The maximum Gasteiger partial charge on any atom is 0.281 e. The molecule has 0 radical (unpaired) electrons. The van der Waals surface area contributed by atoms with Crippen LogP contribution in [-0.4, -0.2) is 76.6 Å². The average Bonchev–Trinajstić information content (AvgIpc) is 2.96. The Hall–Kier alpha value is -2.71. The Morgan fingerprint density at radius 2 is 1.60 bits per heavy atom. The zero-order valence-electron chi connectivity index (χ0n) is 19.7. The van der Waals surface area contributed by atoms with E-state index in [1.165, 1.54) is 31.7 Å². The largest absolute Gasteiger partial charge is 0.497 e. The fourth-order valence-electron chi connectivity index (χ4n) is 3.98. The Morgan fingerprint density at radius 1 is 1.06 bits per heavy atom. The van der Waals surface area contributed by atoms with Crippen molar-refractivity contribution in [2.24, 2.45) is 0 Å². The number of sulfone groups is 1. The highest BCUT2D eigenvalue weighted by atomic mass is 32.2. The predicted molar refractivity (Wildman–Crippen MR) is 128 cm³/mol. The lowest BCUT2D eigenvalue weighted by atomic mass is 9.90. The number of benzene rings is 2. The van der Waals surface area contributed by atoms with Gasteiger partial charge in [-0.25, -0.2) is 13.9 Å². The van der Waals surface area contributed by atoms with Crippen LogP contribution in [0.2, 0.25) is 0 Å². The third kappa shape index (κ3) is 5.59. The van der Waals surface area contributed by atoms with Crippen molar-refractivity contribution in [1.82, 2.24) is 14.1 Å². The molecule has 0 bridgehead atoms. The summed E-state index contributed by atoms with van der Waals surface area (Å²) in [4.78, 5) is 12.2. The molecule has 1 aliphatic heterocycles. The number of hydrogen-bond donors (Lipinski definition) is 2. The first-order chi connectivity index (χ1) is 16.4. The first-order valence-electron chi connectivity index (χ1n) is 10.7. The summed E-state index contributed by atoms with van der Waals surface area (Å²) in [5.74, 6) is 0.267. The van der Waals surface area contributed by atoms with E-state index >= 15 is 0 Å². The van der Waals surface area contributed by atoms with Gasteiger partial charge in [0.25, 0.3) is 10.2 Å². The molecule has 35 heavy (non-hydrogen) atoms. The van der Waals surface area contributed by atoms with Crippen LogP contribution in [0.3, 0.4) is 0 Å². The molecule has 2 aromatic carbocycles. The second kappa shape index (κ2) is 10.5. The lowest BCUT2D eigenvalue weighted by Gasteiger charge is -2.32. The molecule has 1 fully saturated rings. The number of amides is 1. The van der Waals surface area contributed by atoms with Crippen LogP contribution in [0.15, 0.2) is 48.5 Å². The van der Waals surface area contributed by atoms with Gasteiger partial charge in [0.05, 0.1) is 19.3 Å². The summed E-state index contributed by atoms with van der Waals surface area (Å²) in [6.07, 6.45) is -0.741. The van der Waals surface area contributed by atoms with Crippen LogP contribution in [0.5, 0.6) is 17.2 Å². The third-order valence-corrected chi connectivity index (χ3v) is 10.4. The number of hydrogen-bond acceptors (Lipinski definition) is 8. The molecule has 0 saturated carbocycles. The highest BCUT2D eigenvalue weighted by Gasteiger charge is 2.49. The molecule has 1 atom stereocenters. The van der Waals surface area contributed by atoms with Crippen molar-refractivity contribution in [3.05, 3.63) is 54.1 Å². The molecule has 1 saturated heterocycles. The molecule has 3 rings (SSSR count). The van der Waals surface area contributed by atoms with Crippen molar-refractivity contribution >= 4 is 26.0 Å². The van der Waals surface area contributed by atoms with Crippen LogP contribution in [-0.2, 0) is 29.6 Å². The third-order valence-electron chi connectivity index (χ3n) is 6.00. The van der Waals surface area contributed by atoms with Crippen molar-refractivity contribution in [3.63, 3.8) is 0 Å². The van der Waals surface area contributed by atoms with Gasteiger partial charge in [0.15, 0.2) is 9.84 Å². The van der Waals surface area contributed by atoms with E-state index in [0.717, 1.165) is 8.61 Å². The van der Waals surface area contributed by atoms with Gasteiger partial charge in [0.1, 0.15) is 22.0 Å². The lowest BCUT2D eigenvalue weighted by Crippen LogP contribution is -2.42. The molecule has 1 heterocycles. The smallest absolute Gasteiger partial charge is 0.281 e. The van der Waals surface area contributed by atoms with Gasteiger partial charge in [-0.1, -0.05) is 12.1 Å². The predicted octanol–water partition coefficient (Wildman–Crippen LogP) is 1.51. The van der Waals surface area contributed by atoms with Gasteiger partial charge in [-0.2, -0.15) is 17.0 Å². The molecule has 13 heteroatoms. The number of nitrogens with one attached hydrogen (secondary N) is 1. The number of methoxy groups -OCH3 is 1. The molecule has 1 amide bonds. The van der Waals surface area contributed by atoms with Crippen LogP contribution in [0.1, 0.15) is 18.4 Å². The minimum atomic E-state index is -4.03. The van der Waals surface area contributed by atoms with Crippen LogP contribution < -0.4 is 15.0 Å². The van der Waals surface area contributed by atoms with E-state index < -0.39 is 42.9 Å². The Bertz CT molecular complexity index is 1250. The Morgan fingerprint density at radius 3 is 2.11 bits per heavy atom. The van der Waals surface area contributed by atoms with Crippen molar-refractivity contribution in [2.45, 2.75) is 17.6 Å². The van der Waals surface area contributed by atoms with E-state index in [2.05, 4.69) is 0 Å². The summed E-state index contributed by atoms with van der Waals surface area (Å²) in [5, 5.41) is 9.13. The maximum atomic E-state index is 13.5. The van der Waals surface area contributed by atoms with E-state index in [4.69, 9.17) is 14.7 Å². The molecule has 1 aliphatic rings. The first-order valence-corrected chi connectivity index (χ1v) is 13.8. The van der Waals surface area contributed by atoms with Gasteiger partial charge in [-0.3, -0.25) is 10.0 Å². The fraction of sp³-hybridized carbons (Fsp3) is 0.409. The number of nitrogens with zero attached hydrogens (tertiary/aromatic N) is 2. The molecule has 1 unspecified atom stereocenters. The van der Waals surface area contributed by atoms with Crippen molar-refractivity contribution in [1.29, 1.82) is 0 Å². The number of carbonyl (C=O) groups excluding carboxylic acids is 1. The van der Waals surface area contributed by atoms with E-state index in [1.807, 2.05) is 0 Å². The Labute approximate surface area is 205 Å². The van der Waals surface area contributed by atoms with Crippen LogP contribution >= 0.6 is 0 Å². The number of ether oxygens (including phenoxy) is 2. The highest BCUT2D eigenvalue weighted by molar-refractivity contribution is 7.92. The van der Waals surface area contributed by atoms with Crippen molar-refractivity contribution in [3.8, 4) is 17.2 Å². The Kier molecular flexibility index (Phi) is 8.07. The summed E-state index contributed by atoms with van der Waals surface area (Å²) in [5.41, 5.74) is 1.80. The quantitative estimate of drug-likeness (QED) is 0.389. The van der Waals surface area contributed by atoms with E-state index in [-0.39, 0.29) is 19.5 Å². The molecular weight excluding hydrogens is 498 g/mol. The SMILES string of the molecule is COc1ccc(Oc2ccc(C3(CC(=O)NO)CCN(S(=O)(=O)N(C)C)CCS3(=O)=O)cc2)cc1. The topological polar surface area (TPSA) is 143 Å². The minimum Gasteiger partial charge on any atom is -0.497 e. The lowest BCUT2D eigenvalue weighted by molar-refractivity contribution is -0.130. The van der Waals surface area contributed by atoms with Crippen molar-refractivity contribution < 1.29 is 36.3 Å². The highest BCUT2D eigenvalue weighted by Crippen LogP contribution is 2.41. The zero-order valence-corrected chi connectivity index (χ0v) is 21.3. The van der Waals surface area contributed by atoms with Gasteiger partial charge < -0.3 is 9.47 Å². The molecule has 11 nitrogen and oxygen atoms in total. The summed E-state index contributed by atoms with van der Waals surface area (Å²) >= 11 is 0. The molecule has 0 spiro atoms. The van der Waals surface area contributed by atoms with E-state index in [9.17, 15) is 21.6 Å². The molecule has 2 aromatic rings. The molecule has 0 aromatic heterocycles. The van der Waals surface area contributed by atoms with Crippen LogP contribution in [0, 0.1) is 0 Å². The van der Waals surface area contributed by atoms with E-state index in [0.29, 0.717) is 22.8 Å². The van der Waals surface area contributed by atoms with Crippen LogP contribution in [0.4, 0.5) is 0 Å². The molecule has 0 aliphatic carbocycles. The molecule has 192 valence electrons. The zero-order chi connectivity index (χ0) is 25.9. The first kappa shape index (κ1) is 26.9. The normalized spacial score (nSPS) is 20.7. The summed E-state index contributed by atoms with van der Waals surface area (Å²) in [6.45, 7) is -0.368. The average molecular weight is 528 g/mol. The standard InChI is InChI=1S/C22H29N3O8S2/c1-24(2)35(30,31)25-13-12-22(16-21(26)23-27,34(28,29)15-14-25)17-4-6-19(7-5-17)33-20-10-8-18(32-3)9-11-20/h4-11,27H,12-16H2,1-3H3,(H,23,26). The minimum absolute atomic E-state index is 0.122. The maximum absolute atomic E-state index is 13.5. The summed E-state index contributed by atoms with van der Waals surface area (Å²) in [6, 6.07) is 13.1. The fourth-order valence-corrected chi connectivity index (χ4v) is 7.30. The number of rotatable bonds is 8. The van der Waals surface area contributed by atoms with Gasteiger partial charge in [-0.15, -0.1) is 0 Å². The summed E-state index contributed by atoms with van der Waals surface area (Å²) in [7, 11) is -3.61. The van der Waals surface area contributed by atoms with Gasteiger partial charge >= 0.3 is 0 Å². The van der Waals surface area contributed by atoms with Gasteiger partial charge in [-0.05, 0) is 48.4 Å². The monoisotopic (exact) mass is 527 g/mol. The summed E-state index contributed by atoms with van der Waals surface area (Å²) < 4.78 is 63.6. The van der Waals surface area contributed by atoms with Gasteiger partial charge in [0, 0.05) is 27.2 Å². The van der Waals surface area contributed by atoms with Crippen LogP contribution in [0.25, 0.3) is 0 Å². The number of hydroxylamine groups is 1. The van der Waals surface area contributed by atoms with Crippen molar-refractivity contribution in [2.75, 3.05) is 40.0 Å². The molecular formula is C22H29N3O8S2. The molecule has 2 N–H and O–H groups in total. The second-order valence-electron chi connectivity index (χ2n) is 8.27. The number of carbonyl (C=O) groups is 1. The van der Waals surface area contributed by atoms with E-state index in [1.54, 1.807) is 43.5 Å².